The van der Waals surface area contributed by atoms with Crippen LogP contribution < -0.4 is 5.32 Å². The lowest BCUT2D eigenvalue weighted by atomic mass is 10.5. The Morgan fingerprint density at radius 1 is 1.17 bits per heavy atom. The van der Waals surface area contributed by atoms with Gasteiger partial charge in [0.25, 0.3) is 10.3 Å². The first-order chi connectivity index (χ1) is 5.70. The van der Waals surface area contributed by atoms with Gasteiger partial charge in [-0.1, -0.05) is 6.92 Å². The molecule has 0 amide bonds. The van der Waals surface area contributed by atoms with Crippen LogP contribution in [0.5, 0.6) is 0 Å². The molecule has 0 spiro atoms. The molecule has 5 heteroatoms. The van der Waals surface area contributed by atoms with E-state index in [1.54, 1.807) is 0 Å². The largest absolute Gasteiger partial charge is 0.471 e. The third-order valence-electron chi connectivity index (χ3n) is 0.917. The zero-order valence-corrected chi connectivity index (χ0v) is 8.89. The van der Waals surface area contributed by atoms with E-state index >= 15 is 0 Å². The van der Waals surface area contributed by atoms with Crippen molar-refractivity contribution >= 4 is 34.8 Å². The van der Waals surface area contributed by atoms with Crippen LogP contribution in [-0.4, -0.2) is 23.6 Å². The van der Waals surface area contributed by atoms with Crippen molar-refractivity contribution in [2.45, 2.75) is 20.3 Å². The highest BCUT2D eigenvalue weighted by Gasteiger charge is 1.99. The first-order valence-electron chi connectivity index (χ1n) is 3.81. The summed E-state index contributed by atoms with van der Waals surface area (Å²) in [6, 6.07) is 0. The Hall–Kier alpha value is -0.420. The van der Waals surface area contributed by atoms with Crippen LogP contribution in [-0.2, 0) is 9.47 Å². The van der Waals surface area contributed by atoms with E-state index in [1.807, 2.05) is 13.8 Å². The molecule has 0 aromatic carbocycles. The van der Waals surface area contributed by atoms with E-state index < -0.39 is 0 Å². The van der Waals surface area contributed by atoms with Gasteiger partial charge in [0.15, 0.2) is 0 Å². The Kier molecular flexibility index (Phi) is 6.99. The van der Waals surface area contributed by atoms with Crippen LogP contribution in [0.25, 0.3) is 0 Å². The number of nitrogens with one attached hydrogen (secondary N) is 1. The van der Waals surface area contributed by atoms with Crippen molar-refractivity contribution in [3.63, 3.8) is 0 Å². The summed E-state index contributed by atoms with van der Waals surface area (Å²) >= 11 is 9.59. The minimum absolute atomic E-state index is 0.263. The Morgan fingerprint density at radius 3 is 2.25 bits per heavy atom. The zero-order valence-electron chi connectivity index (χ0n) is 7.25. The molecule has 0 aliphatic heterocycles. The second-order valence-electron chi connectivity index (χ2n) is 1.98. The molecule has 0 aromatic rings. The summed E-state index contributed by atoms with van der Waals surface area (Å²) in [5.74, 6) is 0. The molecule has 0 heterocycles. The first-order valence-corrected chi connectivity index (χ1v) is 4.62. The number of hydrogen-bond acceptors (Lipinski definition) is 4. The van der Waals surface area contributed by atoms with Crippen molar-refractivity contribution in [3.05, 3.63) is 0 Å². The van der Waals surface area contributed by atoms with Gasteiger partial charge in [0.2, 0.25) is 0 Å². The summed E-state index contributed by atoms with van der Waals surface area (Å²) in [6.45, 7) is 4.98. The minimum Gasteiger partial charge on any atom is -0.471 e. The number of rotatable bonds is 3. The molecule has 1 N–H and O–H groups in total. The van der Waals surface area contributed by atoms with Gasteiger partial charge in [-0.3, -0.25) is 5.32 Å². The van der Waals surface area contributed by atoms with Gasteiger partial charge >= 0.3 is 0 Å². The Balaban J connectivity index is 3.47. The maximum atomic E-state index is 5.06. The predicted molar refractivity (Wildman–Crippen MR) is 56.2 cm³/mol. The zero-order chi connectivity index (χ0) is 9.40. The summed E-state index contributed by atoms with van der Waals surface area (Å²) < 4.78 is 10.0. The molecule has 0 fully saturated rings. The SMILES string of the molecule is CCCOC(=S)NC(=S)OCC. The standard InChI is InChI=1S/C7H13NO2S2/c1-3-5-10-7(12)8-6(11)9-4-2/h3-5H2,1-2H3,(H,8,11,12). The molecule has 0 aliphatic carbocycles. The summed E-state index contributed by atoms with van der Waals surface area (Å²) in [6.07, 6.45) is 0.920. The fourth-order valence-electron chi connectivity index (χ4n) is 0.481. The van der Waals surface area contributed by atoms with Crippen molar-refractivity contribution in [2.24, 2.45) is 0 Å². The van der Waals surface area contributed by atoms with Crippen molar-refractivity contribution in [3.8, 4) is 0 Å². The summed E-state index contributed by atoms with van der Waals surface area (Å²) in [7, 11) is 0. The predicted octanol–water partition coefficient (Wildman–Crippen LogP) is 1.61. The molecule has 0 saturated heterocycles. The van der Waals surface area contributed by atoms with Crippen molar-refractivity contribution in [1.82, 2.24) is 5.32 Å². The molecule has 0 unspecified atom stereocenters. The molecule has 0 atom stereocenters. The molecule has 3 nitrogen and oxygen atoms in total. The van der Waals surface area contributed by atoms with Gasteiger partial charge in [0.1, 0.15) is 0 Å². The van der Waals surface area contributed by atoms with Crippen LogP contribution in [0.4, 0.5) is 0 Å². The molecule has 70 valence electrons. The van der Waals surface area contributed by atoms with E-state index in [2.05, 4.69) is 5.32 Å². The van der Waals surface area contributed by atoms with E-state index in [9.17, 15) is 0 Å². The maximum Gasteiger partial charge on any atom is 0.264 e. The molecule has 12 heavy (non-hydrogen) atoms. The normalized spacial score (nSPS) is 8.83. The summed E-state index contributed by atoms with van der Waals surface area (Å²) in [4.78, 5) is 0. The van der Waals surface area contributed by atoms with Crippen LogP contribution >= 0.6 is 24.4 Å². The fourth-order valence-corrected chi connectivity index (χ4v) is 0.933. The molecule has 0 rings (SSSR count). The van der Waals surface area contributed by atoms with Crippen LogP contribution in [0, 0.1) is 0 Å². The highest BCUT2D eigenvalue weighted by molar-refractivity contribution is 7.81. The van der Waals surface area contributed by atoms with E-state index in [4.69, 9.17) is 33.9 Å². The quantitative estimate of drug-likeness (QED) is 0.710. The first kappa shape index (κ1) is 11.6. The van der Waals surface area contributed by atoms with E-state index in [0.717, 1.165) is 6.42 Å². The number of thiocarbonyl (C=S) groups is 2. The average Bonchev–Trinajstić information content (AvgIpc) is 2.01. The lowest BCUT2D eigenvalue weighted by molar-refractivity contribution is 0.291. The van der Waals surface area contributed by atoms with Gasteiger partial charge in [-0.25, -0.2) is 0 Å². The van der Waals surface area contributed by atoms with Crippen LogP contribution in [0.1, 0.15) is 20.3 Å². The van der Waals surface area contributed by atoms with Crippen molar-refractivity contribution < 1.29 is 9.47 Å². The van der Waals surface area contributed by atoms with Gasteiger partial charge in [-0.05, 0) is 37.8 Å². The summed E-state index contributed by atoms with van der Waals surface area (Å²) in [5.41, 5.74) is 0. The van der Waals surface area contributed by atoms with Gasteiger partial charge in [-0.2, -0.15) is 0 Å². The van der Waals surface area contributed by atoms with Crippen LogP contribution in [0.15, 0.2) is 0 Å². The monoisotopic (exact) mass is 207 g/mol. The second-order valence-corrected chi connectivity index (χ2v) is 2.72. The van der Waals surface area contributed by atoms with Crippen LogP contribution in [0.3, 0.4) is 0 Å². The third-order valence-corrected chi connectivity index (χ3v) is 1.36. The smallest absolute Gasteiger partial charge is 0.264 e. The molecule has 0 saturated carbocycles. The highest BCUT2D eigenvalue weighted by atomic mass is 32.1. The van der Waals surface area contributed by atoms with E-state index in [1.165, 1.54) is 0 Å². The lowest BCUT2D eigenvalue weighted by Crippen LogP contribution is -2.31. The fraction of sp³-hybridized carbons (Fsp3) is 0.714. The lowest BCUT2D eigenvalue weighted by Gasteiger charge is -2.09. The number of hydrogen-bond donors (Lipinski definition) is 1. The topological polar surface area (TPSA) is 30.5 Å². The van der Waals surface area contributed by atoms with E-state index in [-0.39, 0.29) is 10.3 Å². The molecular weight excluding hydrogens is 194 g/mol. The van der Waals surface area contributed by atoms with Crippen molar-refractivity contribution in [2.75, 3.05) is 13.2 Å². The Morgan fingerprint density at radius 2 is 1.75 bits per heavy atom. The van der Waals surface area contributed by atoms with Gasteiger partial charge in [0, 0.05) is 0 Å². The average molecular weight is 207 g/mol. The van der Waals surface area contributed by atoms with Crippen LogP contribution in [0.2, 0.25) is 0 Å². The molecule has 0 radical (unpaired) electrons. The molecular formula is C7H13NO2S2. The Labute approximate surface area is 83.4 Å². The van der Waals surface area contributed by atoms with Gasteiger partial charge < -0.3 is 9.47 Å². The highest BCUT2D eigenvalue weighted by Crippen LogP contribution is 1.84. The Bertz CT molecular complexity index is 161. The van der Waals surface area contributed by atoms with Crippen molar-refractivity contribution in [1.29, 1.82) is 0 Å². The second kappa shape index (κ2) is 7.24. The summed E-state index contributed by atoms with van der Waals surface area (Å²) in [5, 5.41) is 3.17. The molecule has 0 aromatic heterocycles. The number of ether oxygens (including phenoxy) is 2. The molecule has 0 aliphatic rings. The minimum atomic E-state index is 0.263. The van der Waals surface area contributed by atoms with E-state index in [0.29, 0.717) is 13.2 Å². The maximum absolute atomic E-state index is 5.06. The van der Waals surface area contributed by atoms with Gasteiger partial charge in [-0.15, -0.1) is 0 Å². The molecule has 0 bridgehead atoms. The third kappa shape index (κ3) is 6.30. The van der Waals surface area contributed by atoms with Gasteiger partial charge in [0.05, 0.1) is 13.2 Å².